The number of aromatic nitrogens is 2. The largest absolute Gasteiger partial charge is 0.488 e. The molecule has 158 valence electrons. The third kappa shape index (κ3) is 3.12. The van der Waals surface area contributed by atoms with Gasteiger partial charge >= 0.3 is 0 Å². The zero-order chi connectivity index (χ0) is 20.9. The van der Waals surface area contributed by atoms with Crippen molar-refractivity contribution >= 4 is 43.6 Å². The van der Waals surface area contributed by atoms with Crippen molar-refractivity contribution in [1.82, 2.24) is 14.9 Å². The van der Waals surface area contributed by atoms with Gasteiger partial charge in [-0.3, -0.25) is 4.90 Å². The van der Waals surface area contributed by atoms with Gasteiger partial charge in [0, 0.05) is 52.2 Å². The van der Waals surface area contributed by atoms with Crippen molar-refractivity contribution in [3.63, 3.8) is 0 Å². The van der Waals surface area contributed by atoms with Gasteiger partial charge in [-0.15, -0.1) is 0 Å². The van der Waals surface area contributed by atoms with Crippen LogP contribution in [0.2, 0.25) is 0 Å². The van der Waals surface area contributed by atoms with E-state index in [0.717, 1.165) is 76.5 Å². The smallest absolute Gasteiger partial charge is 0.167 e. The van der Waals surface area contributed by atoms with Crippen LogP contribution in [0.15, 0.2) is 42.5 Å². The lowest BCUT2D eigenvalue weighted by Crippen LogP contribution is -2.38. The van der Waals surface area contributed by atoms with Gasteiger partial charge in [0.05, 0.1) is 24.2 Å². The van der Waals surface area contributed by atoms with Gasteiger partial charge in [0.1, 0.15) is 18.2 Å². The van der Waals surface area contributed by atoms with E-state index in [0.29, 0.717) is 12.4 Å². The second-order valence-corrected chi connectivity index (χ2v) is 7.98. The van der Waals surface area contributed by atoms with Crippen LogP contribution in [-0.4, -0.2) is 54.3 Å². The van der Waals surface area contributed by atoms with Crippen molar-refractivity contribution in [1.29, 1.82) is 0 Å². The van der Waals surface area contributed by atoms with Gasteiger partial charge in [-0.1, -0.05) is 0 Å². The topological polar surface area (TPSA) is 53.3 Å². The average Bonchev–Trinajstić information content (AvgIpc) is 3.32. The summed E-state index contributed by atoms with van der Waals surface area (Å²) in [5, 5.41) is 3.27. The van der Waals surface area contributed by atoms with Crippen LogP contribution in [0.3, 0.4) is 0 Å². The highest BCUT2D eigenvalue weighted by Crippen LogP contribution is 2.41. The van der Waals surface area contributed by atoms with E-state index in [2.05, 4.69) is 14.9 Å². The standard InChI is InChI=1S/C24H21F2N3O2/c25-14-1-3-20-16(11-14)18-13-19-17-12-15(26)2-4-21(17)28-23(19)24(22(18)27-20)31-10-7-29-5-8-30-9-6-29/h1-4,11-13,27-28H,5-10H2. The fraction of sp³-hybridized carbons (Fsp3) is 0.250. The van der Waals surface area contributed by atoms with Crippen molar-refractivity contribution in [3.05, 3.63) is 54.1 Å². The Balaban J connectivity index is 1.53. The van der Waals surface area contributed by atoms with Gasteiger partial charge in [0.15, 0.2) is 5.75 Å². The highest BCUT2D eigenvalue weighted by molar-refractivity contribution is 6.20. The molecule has 0 radical (unpaired) electrons. The van der Waals surface area contributed by atoms with E-state index >= 15 is 0 Å². The number of aromatic amines is 2. The zero-order valence-corrected chi connectivity index (χ0v) is 16.8. The van der Waals surface area contributed by atoms with E-state index in [9.17, 15) is 8.78 Å². The van der Waals surface area contributed by atoms with E-state index in [4.69, 9.17) is 9.47 Å². The van der Waals surface area contributed by atoms with Gasteiger partial charge in [0.2, 0.25) is 0 Å². The fourth-order valence-corrected chi connectivity index (χ4v) is 4.54. The van der Waals surface area contributed by atoms with Crippen LogP contribution < -0.4 is 4.74 Å². The summed E-state index contributed by atoms with van der Waals surface area (Å²) in [5.74, 6) is 0.0792. The number of nitrogens with zero attached hydrogens (tertiary/aromatic N) is 1. The number of benzene rings is 3. The van der Waals surface area contributed by atoms with Crippen LogP contribution in [0.25, 0.3) is 43.6 Å². The van der Waals surface area contributed by atoms with Gasteiger partial charge < -0.3 is 19.4 Å². The lowest BCUT2D eigenvalue weighted by Gasteiger charge is -2.26. The average molecular weight is 421 g/mol. The molecule has 1 aliphatic heterocycles. The van der Waals surface area contributed by atoms with Gasteiger partial charge in [0.25, 0.3) is 0 Å². The molecule has 5 aromatic rings. The Hall–Kier alpha value is -3.16. The number of halogens is 2. The van der Waals surface area contributed by atoms with Gasteiger partial charge in [-0.2, -0.15) is 0 Å². The first kappa shape index (κ1) is 18.6. The predicted octanol–water partition coefficient (Wildman–Crippen LogP) is 4.94. The second-order valence-electron chi connectivity index (χ2n) is 7.98. The number of rotatable bonds is 4. The predicted molar refractivity (Wildman–Crippen MR) is 118 cm³/mol. The molecule has 7 heteroatoms. The SMILES string of the molecule is Fc1ccc2[nH]c3c(OCCN4CCOCC4)c4[nH]c5ccc(F)cc5c4cc3c2c1. The van der Waals surface area contributed by atoms with E-state index in [1.165, 1.54) is 24.3 Å². The first-order valence-corrected chi connectivity index (χ1v) is 10.5. The molecule has 1 fully saturated rings. The van der Waals surface area contributed by atoms with E-state index in [1.54, 1.807) is 12.1 Å². The second kappa shape index (κ2) is 7.21. The van der Waals surface area contributed by atoms with Gasteiger partial charge in [-0.05, 0) is 42.5 Å². The summed E-state index contributed by atoms with van der Waals surface area (Å²) in [6.07, 6.45) is 0. The van der Waals surface area contributed by atoms with Crippen molar-refractivity contribution in [2.24, 2.45) is 0 Å². The summed E-state index contributed by atoms with van der Waals surface area (Å²) in [6, 6.07) is 11.4. The fourth-order valence-electron chi connectivity index (χ4n) is 4.54. The number of hydrogen-bond acceptors (Lipinski definition) is 3. The Morgan fingerprint density at radius 1 is 0.806 bits per heavy atom. The number of hydrogen-bond donors (Lipinski definition) is 2. The Kier molecular flexibility index (Phi) is 4.33. The number of fused-ring (bicyclic) bond motifs is 6. The maximum absolute atomic E-state index is 14.0. The minimum Gasteiger partial charge on any atom is -0.488 e. The Morgan fingerprint density at radius 3 is 1.97 bits per heavy atom. The van der Waals surface area contributed by atoms with Crippen LogP contribution in [0.1, 0.15) is 0 Å². The third-order valence-corrected chi connectivity index (χ3v) is 6.10. The molecule has 3 heterocycles. The molecule has 31 heavy (non-hydrogen) atoms. The van der Waals surface area contributed by atoms with Crippen LogP contribution in [0.5, 0.6) is 5.75 Å². The molecule has 6 rings (SSSR count). The molecule has 0 bridgehead atoms. The summed E-state index contributed by atoms with van der Waals surface area (Å²) in [6.45, 7) is 4.54. The summed E-state index contributed by atoms with van der Waals surface area (Å²) in [5.41, 5.74) is 3.28. The van der Waals surface area contributed by atoms with Crippen molar-refractivity contribution in [3.8, 4) is 5.75 Å². The van der Waals surface area contributed by atoms with Crippen LogP contribution in [0, 0.1) is 11.6 Å². The minimum atomic E-state index is -0.298. The minimum absolute atomic E-state index is 0.298. The van der Waals surface area contributed by atoms with Crippen molar-refractivity contribution < 1.29 is 18.3 Å². The summed E-state index contributed by atoms with van der Waals surface area (Å²) < 4.78 is 39.7. The number of nitrogens with one attached hydrogen (secondary N) is 2. The molecule has 5 nitrogen and oxygen atoms in total. The maximum Gasteiger partial charge on any atom is 0.167 e. The molecule has 3 aromatic carbocycles. The normalized spacial score (nSPS) is 15.5. The molecule has 2 N–H and O–H groups in total. The first-order valence-electron chi connectivity index (χ1n) is 10.5. The molecule has 2 aromatic heterocycles. The van der Waals surface area contributed by atoms with E-state index in [-0.39, 0.29) is 11.6 Å². The molecule has 0 amide bonds. The number of ether oxygens (including phenoxy) is 2. The van der Waals surface area contributed by atoms with Crippen LogP contribution >= 0.6 is 0 Å². The first-order chi connectivity index (χ1) is 15.2. The lowest BCUT2D eigenvalue weighted by molar-refractivity contribution is 0.0324. The molecule has 1 aliphatic rings. The summed E-state index contributed by atoms with van der Waals surface area (Å²) in [7, 11) is 0. The Labute approximate surface area is 176 Å². The highest BCUT2D eigenvalue weighted by Gasteiger charge is 2.19. The van der Waals surface area contributed by atoms with Crippen LogP contribution in [0.4, 0.5) is 8.78 Å². The molecular formula is C24H21F2N3O2. The third-order valence-electron chi connectivity index (χ3n) is 6.10. The zero-order valence-electron chi connectivity index (χ0n) is 16.8. The molecule has 0 atom stereocenters. The Morgan fingerprint density at radius 2 is 1.39 bits per heavy atom. The summed E-state index contributed by atoms with van der Waals surface area (Å²) in [4.78, 5) is 9.09. The molecule has 0 unspecified atom stereocenters. The van der Waals surface area contributed by atoms with E-state index in [1.807, 2.05) is 6.07 Å². The molecular weight excluding hydrogens is 400 g/mol. The molecule has 0 saturated carbocycles. The summed E-state index contributed by atoms with van der Waals surface area (Å²) >= 11 is 0. The van der Waals surface area contributed by atoms with Crippen LogP contribution in [-0.2, 0) is 4.74 Å². The maximum atomic E-state index is 14.0. The quantitative estimate of drug-likeness (QED) is 0.432. The monoisotopic (exact) mass is 421 g/mol. The lowest BCUT2D eigenvalue weighted by atomic mass is 10.1. The number of morpholine rings is 1. The molecule has 0 spiro atoms. The molecule has 1 saturated heterocycles. The van der Waals surface area contributed by atoms with Gasteiger partial charge in [-0.25, -0.2) is 8.78 Å². The molecule has 0 aliphatic carbocycles. The number of H-pyrrole nitrogens is 2. The van der Waals surface area contributed by atoms with Crippen molar-refractivity contribution in [2.45, 2.75) is 0 Å². The van der Waals surface area contributed by atoms with Crippen molar-refractivity contribution in [2.75, 3.05) is 39.5 Å². The Bertz CT molecular complexity index is 1340. The van der Waals surface area contributed by atoms with E-state index < -0.39 is 0 Å². The highest BCUT2D eigenvalue weighted by atomic mass is 19.1.